The van der Waals surface area contributed by atoms with Gasteiger partial charge in [-0.15, -0.1) is 0 Å². The van der Waals surface area contributed by atoms with Crippen LogP contribution in [-0.4, -0.2) is 25.5 Å². The van der Waals surface area contributed by atoms with Crippen LogP contribution in [0.4, 0.5) is 10.3 Å². The Morgan fingerprint density at radius 2 is 2.19 bits per heavy atom. The van der Waals surface area contributed by atoms with Crippen LogP contribution in [0.1, 0.15) is 16.8 Å². The van der Waals surface area contributed by atoms with Crippen LogP contribution in [0.25, 0.3) is 16.8 Å². The van der Waals surface area contributed by atoms with Gasteiger partial charge in [-0.1, -0.05) is 0 Å². The van der Waals surface area contributed by atoms with Gasteiger partial charge in [-0.3, -0.25) is 9.20 Å². The van der Waals surface area contributed by atoms with E-state index in [9.17, 15) is 14.4 Å². The summed E-state index contributed by atoms with van der Waals surface area (Å²) in [5, 5.41) is 12.5. The molecule has 5 rings (SSSR count). The minimum atomic E-state index is -0.319. The third-order valence-corrected chi connectivity index (χ3v) is 5.38. The molecule has 0 radical (unpaired) electrons. The molecule has 0 fully saturated rings. The van der Waals surface area contributed by atoms with Gasteiger partial charge < -0.3 is 14.6 Å². The molecule has 4 heterocycles. The first-order valence-corrected chi connectivity index (χ1v) is 9.68. The van der Waals surface area contributed by atoms with Gasteiger partial charge in [-0.05, 0) is 24.3 Å². The lowest BCUT2D eigenvalue weighted by molar-refractivity contribution is 0.356. The fraction of sp³-hybridized carbons (Fsp3) is 0.182. The monoisotopic (exact) mass is 416 g/mol. The van der Waals surface area contributed by atoms with Gasteiger partial charge in [0.05, 0.1) is 18.4 Å². The summed E-state index contributed by atoms with van der Waals surface area (Å²) < 4.78 is 23.1. The van der Waals surface area contributed by atoms with E-state index in [1.165, 1.54) is 23.0 Å². The molecule has 4 aromatic rings. The average Bonchev–Trinajstić information content (AvgIpc) is 3.42. The van der Waals surface area contributed by atoms with Crippen molar-refractivity contribution >= 4 is 11.6 Å². The molecule has 8 nitrogen and oxygen atoms in total. The number of halogens is 1. The quantitative estimate of drug-likeness (QED) is 0.549. The zero-order valence-electron chi connectivity index (χ0n) is 16.6. The highest BCUT2D eigenvalue weighted by Gasteiger charge is 2.20. The van der Waals surface area contributed by atoms with E-state index in [1.54, 1.807) is 35.8 Å². The van der Waals surface area contributed by atoms with E-state index in [-0.39, 0.29) is 23.6 Å². The third kappa shape index (κ3) is 3.09. The number of ether oxygens (including phenoxy) is 1. The summed E-state index contributed by atoms with van der Waals surface area (Å²) in [4.78, 5) is 21.4. The van der Waals surface area contributed by atoms with E-state index in [4.69, 9.17) is 4.74 Å². The van der Waals surface area contributed by atoms with Gasteiger partial charge in [0.2, 0.25) is 5.95 Å². The molecule has 0 aliphatic carbocycles. The highest BCUT2D eigenvalue weighted by atomic mass is 19.1. The molecule has 0 saturated heterocycles. The number of nitrogens with zero attached hydrogens (tertiary/aromatic N) is 5. The van der Waals surface area contributed by atoms with Crippen molar-refractivity contribution in [2.75, 3.05) is 11.9 Å². The van der Waals surface area contributed by atoms with Crippen LogP contribution in [-0.2, 0) is 20.0 Å². The molecule has 31 heavy (non-hydrogen) atoms. The molecule has 1 aliphatic rings. The Morgan fingerprint density at radius 1 is 1.32 bits per heavy atom. The van der Waals surface area contributed by atoms with E-state index < -0.39 is 0 Å². The number of aryl methyl sites for hydroxylation is 1. The maximum Gasteiger partial charge on any atom is 0.258 e. The van der Waals surface area contributed by atoms with Gasteiger partial charge in [0.1, 0.15) is 17.6 Å². The van der Waals surface area contributed by atoms with Crippen LogP contribution in [0.2, 0.25) is 0 Å². The van der Waals surface area contributed by atoms with Crippen LogP contribution in [0, 0.1) is 17.1 Å². The van der Waals surface area contributed by atoms with Gasteiger partial charge in [0.25, 0.3) is 5.56 Å². The van der Waals surface area contributed by atoms with E-state index >= 15 is 0 Å². The number of nitrogens with one attached hydrogen (secondary N) is 1. The Morgan fingerprint density at radius 3 is 3.03 bits per heavy atom. The number of aromatic nitrogens is 4. The lowest BCUT2D eigenvalue weighted by Gasteiger charge is -2.13. The predicted octanol–water partition coefficient (Wildman–Crippen LogP) is 2.65. The second-order valence-corrected chi connectivity index (χ2v) is 7.22. The van der Waals surface area contributed by atoms with Crippen molar-refractivity contribution in [3.8, 4) is 22.9 Å². The fourth-order valence-corrected chi connectivity index (χ4v) is 3.83. The van der Waals surface area contributed by atoms with Gasteiger partial charge >= 0.3 is 0 Å². The molecule has 1 aromatic carbocycles. The molecular weight excluding hydrogens is 399 g/mol. The number of nitriles is 1. The summed E-state index contributed by atoms with van der Waals surface area (Å²) in [6, 6.07) is 8.50. The highest BCUT2D eigenvalue weighted by Crippen LogP contribution is 2.31. The number of rotatable bonds is 4. The lowest BCUT2D eigenvalue weighted by atomic mass is 10.0. The number of fused-ring (bicyclic) bond motifs is 2. The minimum absolute atomic E-state index is 0.185. The molecule has 0 amide bonds. The van der Waals surface area contributed by atoms with Crippen LogP contribution >= 0.6 is 0 Å². The van der Waals surface area contributed by atoms with Crippen molar-refractivity contribution in [2.24, 2.45) is 7.05 Å². The summed E-state index contributed by atoms with van der Waals surface area (Å²) in [6.07, 6.45) is 5.38. The number of anilines is 1. The maximum absolute atomic E-state index is 14.5. The van der Waals surface area contributed by atoms with Crippen LogP contribution < -0.4 is 15.6 Å². The Bertz CT molecular complexity index is 1430. The van der Waals surface area contributed by atoms with Crippen LogP contribution in [0.3, 0.4) is 0 Å². The first kappa shape index (κ1) is 18.8. The number of benzene rings is 1. The number of hydrogen-bond acceptors (Lipinski definition) is 6. The molecular formula is C22H17FN6O2. The van der Waals surface area contributed by atoms with Crippen molar-refractivity contribution in [2.45, 2.75) is 13.0 Å². The molecule has 9 heteroatoms. The lowest BCUT2D eigenvalue weighted by Crippen LogP contribution is -2.18. The molecule has 154 valence electrons. The van der Waals surface area contributed by atoms with E-state index in [2.05, 4.69) is 15.3 Å². The second-order valence-electron chi connectivity index (χ2n) is 7.22. The summed E-state index contributed by atoms with van der Waals surface area (Å²) in [5.74, 6) is 0.762. The highest BCUT2D eigenvalue weighted by molar-refractivity contribution is 5.78. The van der Waals surface area contributed by atoms with Gasteiger partial charge in [0.15, 0.2) is 11.3 Å². The summed E-state index contributed by atoms with van der Waals surface area (Å²) in [6.45, 7) is 0.717. The van der Waals surface area contributed by atoms with Gasteiger partial charge in [0, 0.05) is 49.1 Å². The third-order valence-electron chi connectivity index (χ3n) is 5.38. The molecule has 1 aliphatic heterocycles. The summed E-state index contributed by atoms with van der Waals surface area (Å²) >= 11 is 0. The molecule has 0 bridgehead atoms. The van der Waals surface area contributed by atoms with Crippen molar-refractivity contribution in [3.05, 3.63) is 75.8 Å². The van der Waals surface area contributed by atoms with Gasteiger partial charge in [-0.2, -0.15) is 5.26 Å². The first-order valence-electron chi connectivity index (χ1n) is 9.68. The van der Waals surface area contributed by atoms with Gasteiger partial charge in [-0.25, -0.2) is 14.4 Å². The first-order chi connectivity index (χ1) is 15.1. The topological polar surface area (TPSA) is 97.2 Å². The zero-order valence-corrected chi connectivity index (χ0v) is 16.6. The van der Waals surface area contributed by atoms with Crippen molar-refractivity contribution in [1.82, 2.24) is 18.9 Å². The zero-order chi connectivity index (χ0) is 21.5. The molecule has 3 aromatic heterocycles. The van der Waals surface area contributed by atoms with Crippen LogP contribution in [0.5, 0.6) is 5.75 Å². The minimum Gasteiger partial charge on any atom is -0.493 e. The molecule has 1 N–H and O–H groups in total. The fourth-order valence-electron chi connectivity index (χ4n) is 3.83. The second kappa shape index (κ2) is 7.25. The Hall–Kier alpha value is -4.19. The summed E-state index contributed by atoms with van der Waals surface area (Å²) in [5.41, 5.74) is 2.70. The van der Waals surface area contributed by atoms with Crippen molar-refractivity contribution in [1.29, 1.82) is 5.26 Å². The smallest absolute Gasteiger partial charge is 0.258 e. The predicted molar refractivity (Wildman–Crippen MR) is 111 cm³/mol. The number of hydrogen-bond donors (Lipinski definition) is 1. The normalized spacial score (nSPS) is 12.4. The maximum atomic E-state index is 14.5. The molecule has 0 atom stereocenters. The largest absolute Gasteiger partial charge is 0.493 e. The molecule has 0 spiro atoms. The standard InChI is InChI=1S/C22H17FN6O2/c1-28-7-2-3-15(21(28)30)17-11-26-22(29-12-13(9-24)27-20(17)29)25-10-16-14-6-8-31-19(14)5-4-18(16)23/h2-5,7,11-12H,6,8,10H2,1H3,(H,25,26). The molecule has 0 unspecified atom stereocenters. The van der Waals surface area contributed by atoms with Crippen molar-refractivity contribution < 1.29 is 9.13 Å². The summed E-state index contributed by atoms with van der Waals surface area (Å²) in [7, 11) is 1.66. The molecule has 0 saturated carbocycles. The number of pyridine rings is 1. The van der Waals surface area contributed by atoms with Crippen molar-refractivity contribution in [3.63, 3.8) is 0 Å². The van der Waals surface area contributed by atoms with E-state index in [0.29, 0.717) is 47.1 Å². The Labute approximate surface area is 176 Å². The van der Waals surface area contributed by atoms with Crippen LogP contribution in [0.15, 0.2) is 47.7 Å². The SMILES string of the molecule is Cn1cccc(-c2cnc(NCc3c(F)ccc4c3CCO4)n3cc(C#N)nc23)c1=O. The van der Waals surface area contributed by atoms with E-state index in [0.717, 1.165) is 5.56 Å². The Balaban J connectivity index is 1.58. The Kier molecular flexibility index (Phi) is 4.40. The number of imidazole rings is 1. The average molecular weight is 416 g/mol. The van der Waals surface area contributed by atoms with E-state index in [1.807, 2.05) is 6.07 Å².